The highest BCUT2D eigenvalue weighted by Gasteiger charge is 2.10. The molecule has 0 saturated heterocycles. The predicted octanol–water partition coefficient (Wildman–Crippen LogP) is 1.90. The number of benzene rings is 1. The van der Waals surface area contributed by atoms with Crippen LogP contribution in [0.4, 0.5) is 5.69 Å². The Morgan fingerprint density at radius 1 is 1.58 bits per heavy atom. The molecule has 0 fully saturated rings. The summed E-state index contributed by atoms with van der Waals surface area (Å²) in [6.07, 6.45) is 2.52. The molecule has 2 atom stereocenters. The smallest absolute Gasteiger partial charge is 0.120 e. The molecule has 0 heterocycles. The lowest BCUT2D eigenvalue weighted by atomic mass is 10.1. The standard InChI is InChI=1S/C13H20N2O2S2/c1-9(6-7-19(3)16)15-12-8-10(17-2)4-5-11(12)13(14)18/h4-5,8-9,15H,6-7H2,1-3H3,(H2,14,18). The van der Waals surface area contributed by atoms with Crippen molar-refractivity contribution in [2.45, 2.75) is 19.4 Å². The number of thiocarbonyl (C=S) groups is 1. The van der Waals surface area contributed by atoms with Crippen LogP contribution in [0.5, 0.6) is 5.75 Å². The number of rotatable bonds is 7. The average molecular weight is 300 g/mol. The normalized spacial score (nSPS) is 13.6. The van der Waals surface area contributed by atoms with Crippen molar-refractivity contribution in [2.75, 3.05) is 24.4 Å². The van der Waals surface area contributed by atoms with Crippen LogP contribution in [0.3, 0.4) is 0 Å². The average Bonchev–Trinajstić information content (AvgIpc) is 2.35. The zero-order valence-electron chi connectivity index (χ0n) is 11.4. The van der Waals surface area contributed by atoms with Crippen molar-refractivity contribution >= 4 is 33.7 Å². The maximum atomic E-state index is 11.1. The van der Waals surface area contributed by atoms with Gasteiger partial charge < -0.3 is 15.8 Å². The largest absolute Gasteiger partial charge is 0.497 e. The van der Waals surface area contributed by atoms with Crippen LogP contribution in [-0.4, -0.2) is 34.4 Å². The van der Waals surface area contributed by atoms with Gasteiger partial charge in [-0.2, -0.15) is 0 Å². The molecule has 0 spiro atoms. The zero-order chi connectivity index (χ0) is 14.4. The van der Waals surface area contributed by atoms with Gasteiger partial charge in [0.1, 0.15) is 10.7 Å². The number of hydrogen-bond donors (Lipinski definition) is 2. The number of anilines is 1. The molecule has 2 unspecified atom stereocenters. The van der Waals surface area contributed by atoms with E-state index in [0.29, 0.717) is 10.7 Å². The monoisotopic (exact) mass is 300 g/mol. The third-order valence-corrected chi connectivity index (χ3v) is 3.76. The summed E-state index contributed by atoms with van der Waals surface area (Å²) in [5.41, 5.74) is 7.35. The van der Waals surface area contributed by atoms with Crippen LogP contribution in [-0.2, 0) is 10.8 Å². The Morgan fingerprint density at radius 2 is 2.26 bits per heavy atom. The van der Waals surface area contributed by atoms with E-state index in [0.717, 1.165) is 23.4 Å². The first-order chi connectivity index (χ1) is 8.93. The molecule has 0 aliphatic heterocycles. The molecule has 6 heteroatoms. The third-order valence-electron chi connectivity index (χ3n) is 2.73. The van der Waals surface area contributed by atoms with Gasteiger partial charge in [-0.15, -0.1) is 0 Å². The van der Waals surface area contributed by atoms with Crippen LogP contribution in [0.15, 0.2) is 18.2 Å². The van der Waals surface area contributed by atoms with E-state index in [1.165, 1.54) is 0 Å². The van der Waals surface area contributed by atoms with Crippen LogP contribution < -0.4 is 15.8 Å². The highest BCUT2D eigenvalue weighted by Crippen LogP contribution is 2.23. The molecular weight excluding hydrogens is 280 g/mol. The second-order valence-electron chi connectivity index (χ2n) is 4.39. The van der Waals surface area contributed by atoms with Gasteiger partial charge in [0, 0.05) is 46.2 Å². The minimum Gasteiger partial charge on any atom is -0.497 e. The molecule has 0 aromatic heterocycles. The number of hydrogen-bond acceptors (Lipinski definition) is 4. The molecular formula is C13H20N2O2S2. The Labute approximate surface area is 122 Å². The summed E-state index contributed by atoms with van der Waals surface area (Å²) < 4.78 is 16.3. The van der Waals surface area contributed by atoms with Crippen LogP contribution in [0.25, 0.3) is 0 Å². The van der Waals surface area contributed by atoms with E-state index in [1.54, 1.807) is 13.4 Å². The van der Waals surface area contributed by atoms with Crippen LogP contribution in [0, 0.1) is 0 Å². The lowest BCUT2D eigenvalue weighted by Gasteiger charge is -2.18. The van der Waals surface area contributed by atoms with E-state index in [-0.39, 0.29) is 6.04 Å². The fourth-order valence-corrected chi connectivity index (χ4v) is 2.53. The second kappa shape index (κ2) is 7.45. The molecule has 0 saturated carbocycles. The second-order valence-corrected chi connectivity index (χ2v) is 6.38. The minimum atomic E-state index is -0.779. The van der Waals surface area contributed by atoms with Gasteiger partial charge in [-0.25, -0.2) is 0 Å². The molecule has 0 bridgehead atoms. The van der Waals surface area contributed by atoms with Crippen molar-refractivity contribution in [3.8, 4) is 5.75 Å². The zero-order valence-corrected chi connectivity index (χ0v) is 13.1. The minimum absolute atomic E-state index is 0.184. The summed E-state index contributed by atoms with van der Waals surface area (Å²) in [5, 5.41) is 3.34. The van der Waals surface area contributed by atoms with Gasteiger partial charge in [0.2, 0.25) is 0 Å². The first-order valence-corrected chi connectivity index (χ1v) is 8.12. The number of ether oxygens (including phenoxy) is 1. The molecule has 1 rings (SSSR count). The Hall–Kier alpha value is -1.14. The molecule has 0 amide bonds. The Morgan fingerprint density at radius 3 is 2.79 bits per heavy atom. The van der Waals surface area contributed by atoms with Gasteiger partial charge in [0.25, 0.3) is 0 Å². The Bertz CT molecular complexity index is 478. The SMILES string of the molecule is COc1ccc(C(N)=S)c(NC(C)CCS(C)=O)c1. The lowest BCUT2D eigenvalue weighted by Crippen LogP contribution is -2.21. The van der Waals surface area contributed by atoms with E-state index in [1.807, 2.05) is 25.1 Å². The van der Waals surface area contributed by atoms with Crippen LogP contribution >= 0.6 is 12.2 Å². The van der Waals surface area contributed by atoms with E-state index in [2.05, 4.69) is 5.32 Å². The van der Waals surface area contributed by atoms with E-state index < -0.39 is 10.8 Å². The van der Waals surface area contributed by atoms with Gasteiger partial charge in [-0.05, 0) is 25.5 Å². The molecule has 0 aliphatic carbocycles. The molecule has 19 heavy (non-hydrogen) atoms. The Balaban J connectivity index is 2.84. The van der Waals surface area contributed by atoms with Gasteiger partial charge >= 0.3 is 0 Å². The van der Waals surface area contributed by atoms with Crippen molar-refractivity contribution in [2.24, 2.45) is 5.73 Å². The highest BCUT2D eigenvalue weighted by molar-refractivity contribution is 7.84. The molecule has 106 valence electrons. The van der Waals surface area contributed by atoms with Crippen molar-refractivity contribution < 1.29 is 8.95 Å². The van der Waals surface area contributed by atoms with Crippen molar-refractivity contribution in [1.82, 2.24) is 0 Å². The van der Waals surface area contributed by atoms with Crippen molar-refractivity contribution in [3.05, 3.63) is 23.8 Å². The first kappa shape index (κ1) is 15.9. The molecule has 3 N–H and O–H groups in total. The molecule has 1 aromatic carbocycles. The third kappa shape index (κ3) is 5.16. The fraction of sp³-hybridized carbons (Fsp3) is 0.462. The van der Waals surface area contributed by atoms with Gasteiger partial charge in [-0.1, -0.05) is 12.2 Å². The van der Waals surface area contributed by atoms with Crippen molar-refractivity contribution in [1.29, 1.82) is 0 Å². The summed E-state index contributed by atoms with van der Waals surface area (Å²) in [5.74, 6) is 1.41. The summed E-state index contributed by atoms with van der Waals surface area (Å²) in [6.45, 7) is 2.04. The highest BCUT2D eigenvalue weighted by atomic mass is 32.2. The quantitative estimate of drug-likeness (QED) is 0.753. The lowest BCUT2D eigenvalue weighted by molar-refractivity contribution is 0.415. The first-order valence-electron chi connectivity index (χ1n) is 5.98. The number of nitrogens with one attached hydrogen (secondary N) is 1. The van der Waals surface area contributed by atoms with E-state index in [9.17, 15) is 4.21 Å². The summed E-state index contributed by atoms with van der Waals surface area (Å²) in [7, 11) is 0.835. The molecule has 1 aromatic rings. The Kier molecular flexibility index (Phi) is 6.24. The topological polar surface area (TPSA) is 64.3 Å². The van der Waals surface area contributed by atoms with Gasteiger partial charge in [0.05, 0.1) is 7.11 Å². The summed E-state index contributed by atoms with van der Waals surface area (Å²) in [6, 6.07) is 5.72. The maximum Gasteiger partial charge on any atom is 0.120 e. The van der Waals surface area contributed by atoms with Gasteiger partial charge in [-0.3, -0.25) is 4.21 Å². The van der Waals surface area contributed by atoms with Crippen molar-refractivity contribution in [3.63, 3.8) is 0 Å². The maximum absolute atomic E-state index is 11.1. The molecule has 4 nitrogen and oxygen atoms in total. The van der Waals surface area contributed by atoms with E-state index >= 15 is 0 Å². The fourth-order valence-electron chi connectivity index (χ4n) is 1.66. The summed E-state index contributed by atoms with van der Waals surface area (Å²) >= 11 is 5.04. The van der Waals surface area contributed by atoms with Crippen LogP contribution in [0.2, 0.25) is 0 Å². The molecule has 0 radical (unpaired) electrons. The number of methoxy groups -OCH3 is 1. The van der Waals surface area contributed by atoms with Gasteiger partial charge in [0.15, 0.2) is 0 Å². The number of nitrogens with two attached hydrogens (primary N) is 1. The summed E-state index contributed by atoms with van der Waals surface area (Å²) in [4.78, 5) is 0.344. The van der Waals surface area contributed by atoms with E-state index in [4.69, 9.17) is 22.7 Å². The molecule has 0 aliphatic rings. The predicted molar refractivity (Wildman–Crippen MR) is 85.5 cm³/mol. The van der Waals surface area contributed by atoms with Crippen LogP contribution in [0.1, 0.15) is 18.9 Å².